The van der Waals surface area contributed by atoms with Crippen molar-refractivity contribution in [1.82, 2.24) is 20.2 Å². The van der Waals surface area contributed by atoms with Crippen molar-refractivity contribution in [2.24, 2.45) is 0 Å². The van der Waals surface area contributed by atoms with Gasteiger partial charge in [-0.15, -0.1) is 5.10 Å². The monoisotopic (exact) mass is 307 g/mol. The Morgan fingerprint density at radius 2 is 2.04 bits per heavy atom. The highest BCUT2D eigenvalue weighted by molar-refractivity contribution is 5.78. The van der Waals surface area contributed by atoms with Crippen molar-refractivity contribution in [3.8, 4) is 0 Å². The maximum Gasteiger partial charge on any atom is 0.151 e. The molecule has 1 atom stereocenters. The van der Waals surface area contributed by atoms with E-state index < -0.39 is 0 Å². The predicted molar refractivity (Wildman–Crippen MR) is 91.8 cm³/mol. The van der Waals surface area contributed by atoms with Gasteiger partial charge in [0.15, 0.2) is 5.82 Å². The molecule has 0 bridgehead atoms. The molecule has 118 valence electrons. The maximum atomic E-state index is 4.86. The van der Waals surface area contributed by atoms with E-state index in [1.807, 2.05) is 13.0 Å². The topological polar surface area (TPSA) is 57.7 Å². The van der Waals surface area contributed by atoms with Crippen molar-refractivity contribution in [1.29, 1.82) is 0 Å². The lowest BCUT2D eigenvalue weighted by Crippen LogP contribution is -2.35. The molecule has 0 spiro atoms. The SMILES string of the molecule is Cc1ccc(N2CCCC(c3nc4c(C)cccc4[nH]3)C2)nn1. The molecule has 0 saturated carbocycles. The Morgan fingerprint density at radius 3 is 2.83 bits per heavy atom. The Hall–Kier alpha value is -2.43. The summed E-state index contributed by atoms with van der Waals surface area (Å²) in [5.74, 6) is 2.48. The van der Waals surface area contributed by atoms with E-state index in [9.17, 15) is 0 Å². The molecular formula is C18H21N5. The fraction of sp³-hybridized carbons (Fsp3) is 0.389. The number of fused-ring (bicyclic) bond motifs is 1. The van der Waals surface area contributed by atoms with Crippen molar-refractivity contribution in [3.63, 3.8) is 0 Å². The number of anilines is 1. The summed E-state index contributed by atoms with van der Waals surface area (Å²) in [6.45, 7) is 6.05. The van der Waals surface area contributed by atoms with Crippen LogP contribution in [0, 0.1) is 13.8 Å². The molecule has 5 nitrogen and oxygen atoms in total. The summed E-state index contributed by atoms with van der Waals surface area (Å²) >= 11 is 0. The van der Waals surface area contributed by atoms with Crippen LogP contribution < -0.4 is 4.90 Å². The minimum atomic E-state index is 0.415. The van der Waals surface area contributed by atoms with Crippen molar-refractivity contribution >= 4 is 16.9 Å². The first kappa shape index (κ1) is 14.2. The van der Waals surface area contributed by atoms with Crippen LogP contribution in [-0.2, 0) is 0 Å². The average molecular weight is 307 g/mol. The smallest absolute Gasteiger partial charge is 0.151 e. The van der Waals surface area contributed by atoms with Gasteiger partial charge in [0.2, 0.25) is 0 Å². The van der Waals surface area contributed by atoms with Crippen LogP contribution >= 0.6 is 0 Å². The van der Waals surface area contributed by atoms with Crippen LogP contribution in [-0.4, -0.2) is 33.3 Å². The standard InChI is InChI=1S/C18H21N5/c1-12-5-3-7-15-17(12)20-18(19-15)14-6-4-10-23(11-14)16-9-8-13(2)21-22-16/h3,5,7-9,14H,4,6,10-11H2,1-2H3,(H,19,20). The zero-order valence-corrected chi connectivity index (χ0v) is 13.6. The third-order valence-corrected chi connectivity index (χ3v) is 4.65. The number of H-pyrrole nitrogens is 1. The number of hydrogen-bond donors (Lipinski definition) is 1. The highest BCUT2D eigenvalue weighted by atomic mass is 15.3. The molecule has 1 aliphatic heterocycles. The maximum absolute atomic E-state index is 4.86. The first-order valence-corrected chi connectivity index (χ1v) is 8.21. The number of piperidine rings is 1. The third kappa shape index (κ3) is 2.67. The lowest BCUT2D eigenvalue weighted by molar-refractivity contribution is 0.491. The molecule has 1 unspecified atom stereocenters. The van der Waals surface area contributed by atoms with E-state index in [0.717, 1.165) is 54.3 Å². The number of aromatic nitrogens is 4. The van der Waals surface area contributed by atoms with E-state index in [2.05, 4.69) is 51.3 Å². The molecule has 1 fully saturated rings. The van der Waals surface area contributed by atoms with Crippen LogP contribution in [0.15, 0.2) is 30.3 Å². The van der Waals surface area contributed by atoms with Crippen molar-refractivity contribution < 1.29 is 0 Å². The van der Waals surface area contributed by atoms with Gasteiger partial charge in [-0.2, -0.15) is 5.10 Å². The largest absolute Gasteiger partial charge is 0.354 e. The molecule has 1 saturated heterocycles. The summed E-state index contributed by atoms with van der Waals surface area (Å²) in [5, 5.41) is 8.52. The molecule has 0 aliphatic carbocycles. The Bertz CT molecular complexity index is 821. The van der Waals surface area contributed by atoms with Gasteiger partial charge in [-0.3, -0.25) is 0 Å². The number of aryl methyl sites for hydroxylation is 2. The van der Waals surface area contributed by atoms with Crippen LogP contribution in [0.25, 0.3) is 11.0 Å². The number of para-hydroxylation sites is 1. The molecule has 2 aromatic heterocycles. The summed E-state index contributed by atoms with van der Waals surface area (Å²) in [5.41, 5.74) is 4.40. The Kier molecular flexibility index (Phi) is 3.48. The first-order valence-electron chi connectivity index (χ1n) is 8.21. The highest BCUT2D eigenvalue weighted by Gasteiger charge is 2.25. The summed E-state index contributed by atoms with van der Waals surface area (Å²) < 4.78 is 0. The van der Waals surface area contributed by atoms with Crippen LogP contribution in [0.3, 0.4) is 0 Å². The van der Waals surface area contributed by atoms with Crippen LogP contribution in [0.5, 0.6) is 0 Å². The molecule has 3 aromatic rings. The Balaban J connectivity index is 1.61. The normalized spacial score (nSPS) is 18.5. The summed E-state index contributed by atoms with van der Waals surface area (Å²) in [6, 6.07) is 10.4. The van der Waals surface area contributed by atoms with E-state index in [0.29, 0.717) is 5.92 Å². The molecule has 1 N–H and O–H groups in total. The molecule has 4 rings (SSSR count). The summed E-state index contributed by atoms with van der Waals surface area (Å²) in [4.78, 5) is 10.7. The molecular weight excluding hydrogens is 286 g/mol. The quantitative estimate of drug-likeness (QED) is 0.789. The summed E-state index contributed by atoms with van der Waals surface area (Å²) in [7, 11) is 0. The number of nitrogens with one attached hydrogen (secondary N) is 1. The first-order chi connectivity index (χ1) is 11.2. The van der Waals surface area contributed by atoms with Gasteiger partial charge < -0.3 is 9.88 Å². The second-order valence-electron chi connectivity index (χ2n) is 6.41. The zero-order valence-electron chi connectivity index (χ0n) is 13.6. The minimum absolute atomic E-state index is 0.415. The number of nitrogens with zero attached hydrogens (tertiary/aromatic N) is 4. The average Bonchev–Trinajstić information content (AvgIpc) is 3.01. The molecule has 0 amide bonds. The fourth-order valence-corrected chi connectivity index (χ4v) is 3.36. The van der Waals surface area contributed by atoms with Gasteiger partial charge in [0.25, 0.3) is 0 Å². The molecule has 3 heterocycles. The van der Waals surface area contributed by atoms with E-state index in [1.54, 1.807) is 0 Å². The Morgan fingerprint density at radius 1 is 1.13 bits per heavy atom. The van der Waals surface area contributed by atoms with Gasteiger partial charge in [-0.1, -0.05) is 12.1 Å². The lowest BCUT2D eigenvalue weighted by atomic mass is 9.97. The zero-order chi connectivity index (χ0) is 15.8. The molecule has 1 aromatic carbocycles. The van der Waals surface area contributed by atoms with Gasteiger partial charge in [0.05, 0.1) is 16.7 Å². The lowest BCUT2D eigenvalue weighted by Gasteiger charge is -2.32. The molecule has 5 heteroatoms. The van der Waals surface area contributed by atoms with Crippen molar-refractivity contribution in [2.75, 3.05) is 18.0 Å². The van der Waals surface area contributed by atoms with Crippen molar-refractivity contribution in [3.05, 3.63) is 47.4 Å². The second kappa shape index (κ2) is 5.65. The number of aromatic amines is 1. The predicted octanol–water partition coefficient (Wildman–Crippen LogP) is 3.35. The van der Waals surface area contributed by atoms with Crippen LogP contribution in [0.4, 0.5) is 5.82 Å². The van der Waals surface area contributed by atoms with E-state index in [4.69, 9.17) is 4.98 Å². The Labute approximate surface area is 135 Å². The number of imidazole rings is 1. The summed E-state index contributed by atoms with van der Waals surface area (Å²) in [6.07, 6.45) is 2.31. The van der Waals surface area contributed by atoms with E-state index in [-0.39, 0.29) is 0 Å². The minimum Gasteiger partial charge on any atom is -0.354 e. The molecule has 1 aliphatic rings. The van der Waals surface area contributed by atoms with Gasteiger partial charge >= 0.3 is 0 Å². The molecule has 0 radical (unpaired) electrons. The van der Waals surface area contributed by atoms with Crippen LogP contribution in [0.1, 0.15) is 35.8 Å². The van der Waals surface area contributed by atoms with Gasteiger partial charge in [-0.05, 0) is 50.5 Å². The fourth-order valence-electron chi connectivity index (χ4n) is 3.36. The third-order valence-electron chi connectivity index (χ3n) is 4.65. The van der Waals surface area contributed by atoms with Crippen LogP contribution in [0.2, 0.25) is 0 Å². The van der Waals surface area contributed by atoms with Crippen molar-refractivity contribution in [2.45, 2.75) is 32.6 Å². The molecule has 23 heavy (non-hydrogen) atoms. The number of rotatable bonds is 2. The highest BCUT2D eigenvalue weighted by Crippen LogP contribution is 2.29. The number of benzene rings is 1. The van der Waals surface area contributed by atoms with Gasteiger partial charge in [0, 0.05) is 19.0 Å². The van der Waals surface area contributed by atoms with Gasteiger partial charge in [-0.25, -0.2) is 4.98 Å². The second-order valence-corrected chi connectivity index (χ2v) is 6.41. The number of hydrogen-bond acceptors (Lipinski definition) is 4. The van der Waals surface area contributed by atoms with E-state index in [1.165, 1.54) is 5.56 Å². The van der Waals surface area contributed by atoms with E-state index >= 15 is 0 Å². The van der Waals surface area contributed by atoms with Gasteiger partial charge in [0.1, 0.15) is 5.82 Å².